The minimum atomic E-state index is 0.362. The summed E-state index contributed by atoms with van der Waals surface area (Å²) in [5, 5.41) is 5.49. The lowest BCUT2D eigenvalue weighted by atomic mass is 10.0. The molecule has 1 aromatic carbocycles. The lowest BCUT2D eigenvalue weighted by Gasteiger charge is -2.08. The van der Waals surface area contributed by atoms with Gasteiger partial charge in [0, 0.05) is 36.8 Å². The van der Waals surface area contributed by atoms with Gasteiger partial charge in [0.15, 0.2) is 11.0 Å². The van der Waals surface area contributed by atoms with E-state index < -0.39 is 0 Å². The summed E-state index contributed by atoms with van der Waals surface area (Å²) in [6, 6.07) is 5.66. The number of hydrogen-bond acceptors (Lipinski definition) is 4. The predicted molar refractivity (Wildman–Crippen MR) is 102 cm³/mol. The van der Waals surface area contributed by atoms with E-state index in [0.29, 0.717) is 27.6 Å². The molecule has 6 nitrogen and oxygen atoms in total. The Labute approximate surface area is 160 Å². The van der Waals surface area contributed by atoms with Crippen LogP contribution < -0.4 is 4.74 Å². The van der Waals surface area contributed by atoms with Gasteiger partial charge in [-0.1, -0.05) is 35.3 Å². The molecule has 0 aliphatic rings. The Morgan fingerprint density at radius 1 is 1.15 bits per heavy atom. The van der Waals surface area contributed by atoms with Crippen molar-refractivity contribution < 1.29 is 4.74 Å². The quantitative estimate of drug-likeness (QED) is 0.521. The highest BCUT2D eigenvalue weighted by molar-refractivity contribution is 6.35. The normalized spacial score (nSPS) is 11.3. The number of hydrogen-bond donors (Lipinski definition) is 0. The van der Waals surface area contributed by atoms with Gasteiger partial charge in [-0.15, -0.1) is 5.10 Å². The van der Waals surface area contributed by atoms with Crippen molar-refractivity contribution in [3.05, 3.63) is 52.5 Å². The van der Waals surface area contributed by atoms with Crippen LogP contribution in [0.25, 0.3) is 28.3 Å². The highest BCUT2D eigenvalue weighted by Crippen LogP contribution is 2.39. The molecule has 0 radical (unpaired) electrons. The summed E-state index contributed by atoms with van der Waals surface area (Å²) >= 11 is 13.0. The Balaban J connectivity index is 1.95. The zero-order chi connectivity index (χ0) is 18.4. The van der Waals surface area contributed by atoms with Gasteiger partial charge in [0.2, 0.25) is 5.82 Å². The third kappa shape index (κ3) is 2.53. The number of aryl methyl sites for hydroxylation is 2. The van der Waals surface area contributed by atoms with Crippen LogP contribution in [0.3, 0.4) is 0 Å². The van der Waals surface area contributed by atoms with Crippen molar-refractivity contribution in [3.8, 4) is 28.5 Å². The van der Waals surface area contributed by atoms with Gasteiger partial charge in [0.1, 0.15) is 11.3 Å². The molecule has 0 unspecified atom stereocenters. The van der Waals surface area contributed by atoms with Crippen LogP contribution in [-0.4, -0.2) is 31.3 Å². The fourth-order valence-corrected chi connectivity index (χ4v) is 3.62. The lowest BCUT2D eigenvalue weighted by molar-refractivity contribution is 0.415. The van der Waals surface area contributed by atoms with Gasteiger partial charge in [-0.05, 0) is 18.6 Å². The summed E-state index contributed by atoms with van der Waals surface area (Å²) in [7, 11) is 3.47. The van der Waals surface area contributed by atoms with Gasteiger partial charge < -0.3 is 9.30 Å². The number of methoxy groups -OCH3 is 1. The van der Waals surface area contributed by atoms with Crippen LogP contribution in [0.5, 0.6) is 5.75 Å². The first-order chi connectivity index (χ1) is 12.5. The first-order valence-corrected chi connectivity index (χ1v) is 8.63. The number of imidazole rings is 1. The number of rotatable bonds is 3. The molecular formula is C18H15Cl2N5O. The summed E-state index contributed by atoms with van der Waals surface area (Å²) in [5.74, 6) is 1.71. The monoisotopic (exact) mass is 387 g/mol. The van der Waals surface area contributed by atoms with Gasteiger partial charge in [-0.3, -0.25) is 0 Å². The van der Waals surface area contributed by atoms with Crippen LogP contribution in [0.15, 0.2) is 36.8 Å². The average Bonchev–Trinajstić information content (AvgIpc) is 3.19. The van der Waals surface area contributed by atoms with E-state index in [2.05, 4.69) is 15.1 Å². The Morgan fingerprint density at radius 3 is 2.65 bits per heavy atom. The standard InChI is InChI=1S/C18H15Cl2N5O/c1-10-12(11-5-4-6-13(26-3)14(11)19)9-25-15(10)16(20)22-17(23-25)18-21-7-8-24(18)2/h4-9H,1-3H3. The lowest BCUT2D eigenvalue weighted by Crippen LogP contribution is -2.02. The Kier molecular flexibility index (Phi) is 4.09. The van der Waals surface area contributed by atoms with E-state index in [4.69, 9.17) is 27.9 Å². The minimum absolute atomic E-state index is 0.362. The summed E-state index contributed by atoms with van der Waals surface area (Å²) in [6.07, 6.45) is 5.42. The maximum atomic E-state index is 6.50. The van der Waals surface area contributed by atoms with E-state index in [1.807, 2.05) is 49.1 Å². The van der Waals surface area contributed by atoms with Gasteiger partial charge >= 0.3 is 0 Å². The van der Waals surface area contributed by atoms with Gasteiger partial charge in [-0.25, -0.2) is 14.5 Å². The summed E-state index contributed by atoms with van der Waals surface area (Å²) < 4.78 is 8.89. The summed E-state index contributed by atoms with van der Waals surface area (Å²) in [6.45, 7) is 1.97. The Morgan fingerprint density at radius 2 is 1.96 bits per heavy atom. The fraction of sp³-hybridized carbons (Fsp3) is 0.167. The minimum Gasteiger partial charge on any atom is -0.495 e. The molecule has 0 saturated heterocycles. The molecule has 0 saturated carbocycles. The van der Waals surface area contributed by atoms with Gasteiger partial charge in [-0.2, -0.15) is 0 Å². The van der Waals surface area contributed by atoms with E-state index in [1.54, 1.807) is 17.8 Å². The highest BCUT2D eigenvalue weighted by Gasteiger charge is 2.19. The second-order valence-corrected chi connectivity index (χ2v) is 6.61. The van der Waals surface area contributed by atoms with E-state index in [-0.39, 0.29) is 0 Å². The molecule has 0 bridgehead atoms. The van der Waals surface area contributed by atoms with Crippen molar-refractivity contribution in [1.82, 2.24) is 24.1 Å². The van der Waals surface area contributed by atoms with Crippen LogP contribution in [0.4, 0.5) is 0 Å². The third-order valence-corrected chi connectivity index (χ3v) is 4.99. The molecule has 0 N–H and O–H groups in total. The highest BCUT2D eigenvalue weighted by atomic mass is 35.5. The average molecular weight is 388 g/mol. The van der Waals surface area contributed by atoms with Crippen LogP contribution in [0, 0.1) is 6.92 Å². The van der Waals surface area contributed by atoms with E-state index in [1.165, 1.54) is 0 Å². The van der Waals surface area contributed by atoms with Crippen molar-refractivity contribution in [1.29, 1.82) is 0 Å². The van der Waals surface area contributed by atoms with Crippen molar-refractivity contribution in [2.45, 2.75) is 6.92 Å². The maximum Gasteiger partial charge on any atom is 0.217 e. The second-order valence-electron chi connectivity index (χ2n) is 5.87. The molecular weight excluding hydrogens is 373 g/mol. The van der Waals surface area contributed by atoms with Crippen molar-refractivity contribution in [2.24, 2.45) is 7.05 Å². The largest absolute Gasteiger partial charge is 0.495 e. The number of halogens is 2. The molecule has 8 heteroatoms. The number of aromatic nitrogens is 5. The van der Waals surface area contributed by atoms with Crippen LogP contribution >= 0.6 is 23.2 Å². The molecule has 0 amide bonds. The second kappa shape index (κ2) is 6.30. The molecule has 4 aromatic rings. The van der Waals surface area contributed by atoms with Crippen molar-refractivity contribution in [2.75, 3.05) is 7.11 Å². The number of ether oxygens (including phenoxy) is 1. The predicted octanol–water partition coefficient (Wildman–Crippen LogP) is 4.42. The first-order valence-electron chi connectivity index (χ1n) is 7.87. The summed E-state index contributed by atoms with van der Waals surface area (Å²) in [5.41, 5.74) is 3.45. The maximum absolute atomic E-state index is 6.50. The topological polar surface area (TPSA) is 57.2 Å². The Bertz CT molecular complexity index is 1130. The van der Waals surface area contributed by atoms with Crippen LogP contribution in [0.2, 0.25) is 10.2 Å². The molecule has 3 aromatic heterocycles. The number of fused-ring (bicyclic) bond motifs is 1. The zero-order valence-corrected chi connectivity index (χ0v) is 15.9. The Hall–Kier alpha value is -2.57. The van der Waals surface area contributed by atoms with E-state index in [0.717, 1.165) is 22.2 Å². The van der Waals surface area contributed by atoms with Crippen molar-refractivity contribution >= 4 is 28.7 Å². The van der Waals surface area contributed by atoms with Gasteiger partial charge in [0.05, 0.1) is 12.1 Å². The van der Waals surface area contributed by atoms with E-state index in [9.17, 15) is 0 Å². The smallest absolute Gasteiger partial charge is 0.217 e. The van der Waals surface area contributed by atoms with Crippen molar-refractivity contribution in [3.63, 3.8) is 0 Å². The van der Waals surface area contributed by atoms with E-state index >= 15 is 0 Å². The number of nitrogens with zero attached hydrogens (tertiary/aromatic N) is 5. The molecule has 26 heavy (non-hydrogen) atoms. The van der Waals surface area contributed by atoms with Gasteiger partial charge in [0.25, 0.3) is 0 Å². The fourth-order valence-electron chi connectivity index (χ4n) is 3.01. The summed E-state index contributed by atoms with van der Waals surface area (Å²) in [4.78, 5) is 8.71. The molecule has 0 fully saturated rings. The van der Waals surface area contributed by atoms with Crippen LogP contribution in [-0.2, 0) is 7.05 Å². The molecule has 3 heterocycles. The first kappa shape index (κ1) is 16.9. The number of benzene rings is 1. The molecule has 4 rings (SSSR count). The molecule has 0 aliphatic heterocycles. The zero-order valence-electron chi connectivity index (χ0n) is 14.4. The molecule has 132 valence electrons. The van der Waals surface area contributed by atoms with Crippen LogP contribution in [0.1, 0.15) is 5.56 Å². The molecule has 0 spiro atoms. The third-order valence-electron chi connectivity index (χ3n) is 4.34. The SMILES string of the molecule is COc1cccc(-c2cn3nc(-c4nccn4C)nc(Cl)c3c2C)c1Cl. The molecule has 0 atom stereocenters. The molecule has 0 aliphatic carbocycles.